The molecule has 114 valence electrons. The van der Waals surface area contributed by atoms with Crippen molar-refractivity contribution in [3.63, 3.8) is 0 Å². The molecular weight excluding hydrogens is 275 g/mol. The molecule has 4 nitrogen and oxygen atoms in total. The van der Waals surface area contributed by atoms with E-state index in [0.717, 1.165) is 11.3 Å². The average Bonchev–Trinajstić information content (AvgIpc) is 2.96. The van der Waals surface area contributed by atoms with Crippen LogP contribution in [0.2, 0.25) is 0 Å². The summed E-state index contributed by atoms with van der Waals surface area (Å²) < 4.78 is 38.6. The molecule has 20 heavy (non-hydrogen) atoms. The molecule has 1 amide bonds. The molecule has 0 unspecified atom stereocenters. The number of alkyl halides is 3. The standard InChI is InChI=1S/C13H18F3NO3/c1-2-3-12(4-5-12)11(20)17-6-8(10(18)19)9(7-17)13(14,15)16/h8-9H,2-7H2,1H3,(H,18,19)/t8-,9-/m1/s1. The SMILES string of the molecule is CCCC1(C(=O)N2C[C@@H](C(F)(F)F)[C@H](C(=O)O)C2)CC1. The minimum absolute atomic E-state index is 0.294. The monoisotopic (exact) mass is 293 g/mol. The van der Waals surface area contributed by atoms with Crippen LogP contribution in [0.1, 0.15) is 32.6 Å². The first kappa shape index (κ1) is 15.1. The molecule has 2 rings (SSSR count). The number of rotatable bonds is 4. The molecule has 0 spiro atoms. The number of hydrogen-bond donors (Lipinski definition) is 1. The Morgan fingerprint density at radius 1 is 1.30 bits per heavy atom. The first-order chi connectivity index (χ1) is 9.21. The normalized spacial score (nSPS) is 28.5. The van der Waals surface area contributed by atoms with Crippen molar-refractivity contribution in [3.8, 4) is 0 Å². The summed E-state index contributed by atoms with van der Waals surface area (Å²) in [5.74, 6) is -5.28. The molecule has 2 fully saturated rings. The molecule has 0 bridgehead atoms. The highest BCUT2D eigenvalue weighted by atomic mass is 19.4. The first-order valence-electron chi connectivity index (χ1n) is 6.80. The van der Waals surface area contributed by atoms with Crippen LogP contribution in [0.25, 0.3) is 0 Å². The van der Waals surface area contributed by atoms with E-state index >= 15 is 0 Å². The van der Waals surface area contributed by atoms with E-state index in [1.165, 1.54) is 0 Å². The number of hydrogen-bond acceptors (Lipinski definition) is 2. The van der Waals surface area contributed by atoms with Gasteiger partial charge in [0.2, 0.25) is 5.91 Å². The Morgan fingerprint density at radius 2 is 1.90 bits per heavy atom. The largest absolute Gasteiger partial charge is 0.481 e. The summed E-state index contributed by atoms with van der Waals surface area (Å²) in [5, 5.41) is 8.93. The molecule has 1 saturated heterocycles. The van der Waals surface area contributed by atoms with E-state index < -0.39 is 35.9 Å². The smallest absolute Gasteiger partial charge is 0.394 e. The number of likely N-dealkylation sites (tertiary alicyclic amines) is 1. The highest BCUT2D eigenvalue weighted by Crippen LogP contribution is 2.52. The summed E-state index contributed by atoms with van der Waals surface area (Å²) in [4.78, 5) is 24.4. The third-order valence-corrected chi connectivity index (χ3v) is 4.38. The molecule has 7 heteroatoms. The first-order valence-corrected chi connectivity index (χ1v) is 6.80. The van der Waals surface area contributed by atoms with Crippen LogP contribution >= 0.6 is 0 Å². The topological polar surface area (TPSA) is 57.6 Å². The molecule has 2 atom stereocenters. The van der Waals surface area contributed by atoms with E-state index in [1.54, 1.807) is 0 Å². The van der Waals surface area contributed by atoms with E-state index in [-0.39, 0.29) is 12.5 Å². The van der Waals surface area contributed by atoms with Gasteiger partial charge in [-0.25, -0.2) is 0 Å². The molecule has 0 aromatic rings. The van der Waals surface area contributed by atoms with Crippen molar-refractivity contribution >= 4 is 11.9 Å². The van der Waals surface area contributed by atoms with Gasteiger partial charge in [-0.1, -0.05) is 13.3 Å². The van der Waals surface area contributed by atoms with Crippen molar-refractivity contribution in [1.82, 2.24) is 4.90 Å². The Kier molecular flexibility index (Phi) is 3.73. The molecule has 1 aliphatic carbocycles. The van der Waals surface area contributed by atoms with Crippen LogP contribution in [0.15, 0.2) is 0 Å². The fourth-order valence-corrected chi connectivity index (χ4v) is 3.09. The zero-order chi connectivity index (χ0) is 15.1. The molecule has 0 aromatic carbocycles. The zero-order valence-electron chi connectivity index (χ0n) is 11.2. The quantitative estimate of drug-likeness (QED) is 0.865. The second-order valence-corrected chi connectivity index (χ2v) is 5.83. The van der Waals surface area contributed by atoms with E-state index in [2.05, 4.69) is 0 Å². The number of halogens is 3. The maximum atomic E-state index is 12.9. The molecule has 0 aromatic heterocycles. The van der Waals surface area contributed by atoms with E-state index in [0.29, 0.717) is 19.3 Å². The number of carbonyl (C=O) groups is 2. The summed E-state index contributed by atoms with van der Waals surface area (Å²) in [6, 6.07) is 0. The number of nitrogens with zero attached hydrogens (tertiary/aromatic N) is 1. The molecular formula is C13H18F3NO3. The summed E-state index contributed by atoms with van der Waals surface area (Å²) >= 11 is 0. The Balaban J connectivity index is 2.12. The van der Waals surface area contributed by atoms with Gasteiger partial charge in [0, 0.05) is 18.5 Å². The number of carbonyl (C=O) groups excluding carboxylic acids is 1. The fourth-order valence-electron chi connectivity index (χ4n) is 3.09. The molecule has 1 saturated carbocycles. The van der Waals surface area contributed by atoms with Gasteiger partial charge in [-0.05, 0) is 19.3 Å². The fraction of sp³-hybridized carbons (Fsp3) is 0.846. The zero-order valence-corrected chi connectivity index (χ0v) is 11.2. The number of carboxylic acids is 1. The third-order valence-electron chi connectivity index (χ3n) is 4.38. The lowest BCUT2D eigenvalue weighted by Gasteiger charge is -2.23. The van der Waals surface area contributed by atoms with Gasteiger partial charge < -0.3 is 10.0 Å². The minimum atomic E-state index is -4.58. The second-order valence-electron chi connectivity index (χ2n) is 5.83. The van der Waals surface area contributed by atoms with Gasteiger partial charge in [0.1, 0.15) is 0 Å². The van der Waals surface area contributed by atoms with Crippen molar-refractivity contribution in [3.05, 3.63) is 0 Å². The number of aliphatic carboxylic acids is 1. The van der Waals surface area contributed by atoms with E-state index in [9.17, 15) is 22.8 Å². The van der Waals surface area contributed by atoms with Crippen LogP contribution in [-0.4, -0.2) is 41.1 Å². The van der Waals surface area contributed by atoms with Crippen LogP contribution in [0.4, 0.5) is 13.2 Å². The summed E-state index contributed by atoms with van der Waals surface area (Å²) in [7, 11) is 0. The third kappa shape index (κ3) is 2.62. The predicted octanol–water partition coefficient (Wildman–Crippen LogP) is 2.29. The van der Waals surface area contributed by atoms with Crippen LogP contribution in [0, 0.1) is 17.3 Å². The highest BCUT2D eigenvalue weighted by molar-refractivity contribution is 5.86. The molecule has 1 heterocycles. The Labute approximate surface area is 114 Å². The lowest BCUT2D eigenvalue weighted by molar-refractivity contribution is -0.188. The molecule has 0 radical (unpaired) electrons. The van der Waals surface area contributed by atoms with Crippen LogP contribution in [0.5, 0.6) is 0 Å². The van der Waals surface area contributed by atoms with Crippen LogP contribution in [-0.2, 0) is 9.59 Å². The number of carboxylic acid groups (broad SMARTS) is 1. The lowest BCUT2D eigenvalue weighted by atomic mass is 9.96. The van der Waals surface area contributed by atoms with Crippen molar-refractivity contribution in [1.29, 1.82) is 0 Å². The average molecular weight is 293 g/mol. The Hall–Kier alpha value is -1.27. The minimum Gasteiger partial charge on any atom is -0.481 e. The predicted molar refractivity (Wildman–Crippen MR) is 63.8 cm³/mol. The maximum Gasteiger partial charge on any atom is 0.394 e. The van der Waals surface area contributed by atoms with Crippen molar-refractivity contribution < 1.29 is 27.9 Å². The van der Waals surface area contributed by atoms with Crippen molar-refractivity contribution in [2.75, 3.05) is 13.1 Å². The van der Waals surface area contributed by atoms with Gasteiger partial charge in [0.25, 0.3) is 0 Å². The molecule has 2 aliphatic rings. The maximum absolute atomic E-state index is 12.9. The van der Waals surface area contributed by atoms with Gasteiger partial charge >= 0.3 is 12.1 Å². The van der Waals surface area contributed by atoms with E-state index in [4.69, 9.17) is 5.11 Å². The summed E-state index contributed by atoms with van der Waals surface area (Å²) in [6.45, 7) is 1.07. The van der Waals surface area contributed by atoms with Gasteiger partial charge in [-0.3, -0.25) is 9.59 Å². The van der Waals surface area contributed by atoms with Crippen molar-refractivity contribution in [2.24, 2.45) is 17.3 Å². The van der Waals surface area contributed by atoms with Gasteiger partial charge in [0.15, 0.2) is 0 Å². The van der Waals surface area contributed by atoms with E-state index in [1.807, 2.05) is 6.92 Å². The summed E-state index contributed by atoms with van der Waals surface area (Å²) in [5.41, 5.74) is -0.516. The van der Waals surface area contributed by atoms with Crippen molar-refractivity contribution in [2.45, 2.75) is 38.8 Å². The molecule has 1 N–H and O–H groups in total. The Morgan fingerprint density at radius 3 is 2.25 bits per heavy atom. The van der Waals surface area contributed by atoms with Gasteiger partial charge in [0.05, 0.1) is 11.8 Å². The van der Waals surface area contributed by atoms with Crippen LogP contribution in [0.3, 0.4) is 0 Å². The second kappa shape index (κ2) is 4.93. The lowest BCUT2D eigenvalue weighted by Crippen LogP contribution is -2.37. The molecule has 1 aliphatic heterocycles. The van der Waals surface area contributed by atoms with Gasteiger partial charge in [-0.2, -0.15) is 13.2 Å². The summed E-state index contributed by atoms with van der Waals surface area (Å²) in [6.07, 6.45) is -1.73. The van der Waals surface area contributed by atoms with Crippen LogP contribution < -0.4 is 0 Å². The Bertz CT molecular complexity index is 418. The van der Waals surface area contributed by atoms with Gasteiger partial charge in [-0.15, -0.1) is 0 Å². The number of amides is 1. The highest BCUT2D eigenvalue weighted by Gasteiger charge is 2.57.